The first kappa shape index (κ1) is 17.0. The maximum Gasteiger partial charge on any atom is 0.0589 e. The Hall–Kier alpha value is -1.42. The SMILES string of the molecule is COCCN1CCCC2(CCN(Cc3ccc4ccccc4c3)C2)C1. The Bertz CT molecular complexity index is 716. The van der Waals surface area contributed by atoms with Crippen molar-refractivity contribution in [3.8, 4) is 0 Å². The molecule has 4 rings (SSSR count). The van der Waals surface area contributed by atoms with Crippen LogP contribution in [0, 0.1) is 5.41 Å². The van der Waals surface area contributed by atoms with Crippen LogP contribution in [-0.2, 0) is 11.3 Å². The summed E-state index contributed by atoms with van der Waals surface area (Å²) in [6, 6.07) is 15.6. The summed E-state index contributed by atoms with van der Waals surface area (Å²) in [6.45, 7) is 8.03. The predicted octanol–water partition coefficient (Wildman–Crippen LogP) is 3.77. The summed E-state index contributed by atoms with van der Waals surface area (Å²) in [5.41, 5.74) is 1.96. The molecule has 3 nitrogen and oxygen atoms in total. The first-order valence-electron chi connectivity index (χ1n) is 9.68. The molecular weight excluding hydrogens is 308 g/mol. The van der Waals surface area contributed by atoms with Crippen molar-refractivity contribution in [3.63, 3.8) is 0 Å². The minimum atomic E-state index is 0.517. The number of methoxy groups -OCH3 is 1. The number of ether oxygens (including phenoxy) is 1. The average Bonchev–Trinajstić information content (AvgIpc) is 3.01. The second-order valence-corrected chi connectivity index (χ2v) is 8.01. The molecule has 0 amide bonds. The van der Waals surface area contributed by atoms with Crippen molar-refractivity contribution >= 4 is 10.8 Å². The van der Waals surface area contributed by atoms with E-state index in [-0.39, 0.29) is 0 Å². The number of hydrogen-bond donors (Lipinski definition) is 0. The summed E-state index contributed by atoms with van der Waals surface area (Å²) in [4.78, 5) is 5.29. The van der Waals surface area contributed by atoms with Gasteiger partial charge in [-0.05, 0) is 60.2 Å². The maximum absolute atomic E-state index is 5.28. The monoisotopic (exact) mass is 338 g/mol. The summed E-state index contributed by atoms with van der Waals surface area (Å²) in [5.74, 6) is 0. The molecule has 2 aliphatic heterocycles. The van der Waals surface area contributed by atoms with Gasteiger partial charge in [-0.25, -0.2) is 0 Å². The quantitative estimate of drug-likeness (QED) is 0.825. The zero-order valence-electron chi connectivity index (χ0n) is 15.4. The van der Waals surface area contributed by atoms with Gasteiger partial charge in [0.1, 0.15) is 0 Å². The molecule has 0 aliphatic carbocycles. The molecule has 0 aromatic heterocycles. The van der Waals surface area contributed by atoms with Gasteiger partial charge in [-0.2, -0.15) is 0 Å². The highest BCUT2D eigenvalue weighted by molar-refractivity contribution is 5.82. The lowest BCUT2D eigenvalue weighted by Crippen LogP contribution is -2.45. The van der Waals surface area contributed by atoms with Crippen LogP contribution in [0.4, 0.5) is 0 Å². The first-order valence-corrected chi connectivity index (χ1v) is 9.68. The summed E-state index contributed by atoms with van der Waals surface area (Å²) < 4.78 is 5.28. The van der Waals surface area contributed by atoms with E-state index in [9.17, 15) is 0 Å². The minimum absolute atomic E-state index is 0.517. The van der Waals surface area contributed by atoms with E-state index in [2.05, 4.69) is 52.3 Å². The van der Waals surface area contributed by atoms with E-state index in [0.717, 1.165) is 19.7 Å². The van der Waals surface area contributed by atoms with Gasteiger partial charge in [-0.15, -0.1) is 0 Å². The number of benzene rings is 2. The fraction of sp³-hybridized carbons (Fsp3) is 0.545. The number of fused-ring (bicyclic) bond motifs is 1. The third kappa shape index (κ3) is 3.89. The molecule has 2 aromatic rings. The molecule has 2 saturated heterocycles. The van der Waals surface area contributed by atoms with Crippen LogP contribution < -0.4 is 0 Å². The summed E-state index contributed by atoms with van der Waals surface area (Å²) >= 11 is 0. The second kappa shape index (κ2) is 7.45. The maximum atomic E-state index is 5.28. The molecule has 2 aromatic carbocycles. The summed E-state index contributed by atoms with van der Waals surface area (Å²) in [5, 5.41) is 2.70. The molecule has 0 saturated carbocycles. The molecule has 3 heteroatoms. The van der Waals surface area contributed by atoms with E-state index in [1.54, 1.807) is 7.11 Å². The van der Waals surface area contributed by atoms with E-state index >= 15 is 0 Å². The van der Waals surface area contributed by atoms with Gasteiger partial charge in [-0.1, -0.05) is 36.4 Å². The van der Waals surface area contributed by atoms with Gasteiger partial charge in [0.05, 0.1) is 6.61 Å². The highest BCUT2D eigenvalue weighted by Gasteiger charge is 2.40. The third-order valence-corrected chi connectivity index (χ3v) is 6.09. The Balaban J connectivity index is 1.39. The Morgan fingerprint density at radius 2 is 1.80 bits per heavy atom. The molecule has 0 N–H and O–H groups in total. The minimum Gasteiger partial charge on any atom is -0.383 e. The lowest BCUT2D eigenvalue weighted by molar-refractivity contribution is 0.0673. The van der Waals surface area contributed by atoms with Crippen molar-refractivity contribution in [2.45, 2.75) is 25.8 Å². The molecule has 2 aliphatic rings. The van der Waals surface area contributed by atoms with Crippen LogP contribution in [0.3, 0.4) is 0 Å². The molecule has 1 spiro atoms. The van der Waals surface area contributed by atoms with Crippen molar-refractivity contribution in [2.24, 2.45) is 5.41 Å². The summed E-state index contributed by atoms with van der Waals surface area (Å²) in [6.07, 6.45) is 4.09. The van der Waals surface area contributed by atoms with Gasteiger partial charge in [0.25, 0.3) is 0 Å². The van der Waals surface area contributed by atoms with Crippen LogP contribution >= 0.6 is 0 Å². The Kier molecular flexibility index (Phi) is 5.07. The third-order valence-electron chi connectivity index (χ3n) is 6.09. The standard InChI is InChI=1S/C22H30N2O/c1-25-14-13-23-11-4-9-22(17-23)10-12-24(18-22)16-19-7-8-20-5-2-3-6-21(20)15-19/h2-3,5-8,15H,4,9-14,16-18H2,1H3. The van der Waals surface area contributed by atoms with Crippen LogP contribution in [0.15, 0.2) is 42.5 Å². The number of rotatable bonds is 5. The van der Waals surface area contributed by atoms with Crippen LogP contribution in [0.2, 0.25) is 0 Å². The van der Waals surface area contributed by atoms with Gasteiger partial charge < -0.3 is 9.64 Å². The molecule has 2 fully saturated rings. The van der Waals surface area contributed by atoms with Gasteiger partial charge >= 0.3 is 0 Å². The number of piperidine rings is 1. The lowest BCUT2D eigenvalue weighted by Gasteiger charge is -2.40. The predicted molar refractivity (Wildman–Crippen MR) is 104 cm³/mol. The Morgan fingerprint density at radius 3 is 2.68 bits per heavy atom. The van der Waals surface area contributed by atoms with Gasteiger partial charge in [0.15, 0.2) is 0 Å². The largest absolute Gasteiger partial charge is 0.383 e. The fourth-order valence-electron chi connectivity index (χ4n) is 4.81. The molecule has 1 atom stereocenters. The average molecular weight is 338 g/mol. The zero-order valence-corrected chi connectivity index (χ0v) is 15.4. The molecule has 0 radical (unpaired) electrons. The summed E-state index contributed by atoms with van der Waals surface area (Å²) in [7, 11) is 1.81. The van der Waals surface area contributed by atoms with E-state index < -0.39 is 0 Å². The molecule has 25 heavy (non-hydrogen) atoms. The van der Waals surface area contributed by atoms with Crippen molar-refractivity contribution in [1.82, 2.24) is 9.80 Å². The van der Waals surface area contributed by atoms with Gasteiger partial charge in [0, 0.05) is 33.3 Å². The van der Waals surface area contributed by atoms with Crippen LogP contribution in [-0.4, -0.2) is 56.2 Å². The number of nitrogens with zero attached hydrogens (tertiary/aromatic N) is 2. The van der Waals surface area contributed by atoms with Crippen molar-refractivity contribution in [2.75, 3.05) is 46.4 Å². The van der Waals surface area contributed by atoms with E-state index in [4.69, 9.17) is 4.74 Å². The fourth-order valence-corrected chi connectivity index (χ4v) is 4.81. The normalized spacial score (nSPS) is 25.2. The Labute approximate surface area is 151 Å². The first-order chi connectivity index (χ1) is 12.3. The zero-order chi connectivity index (χ0) is 17.1. The molecular formula is C22H30N2O. The molecule has 2 heterocycles. The number of likely N-dealkylation sites (tertiary alicyclic amines) is 2. The highest BCUT2D eigenvalue weighted by Crippen LogP contribution is 2.39. The van der Waals surface area contributed by atoms with Gasteiger partial charge in [-0.3, -0.25) is 4.90 Å². The van der Waals surface area contributed by atoms with E-state index in [1.807, 2.05) is 0 Å². The Morgan fingerprint density at radius 1 is 0.960 bits per heavy atom. The lowest BCUT2D eigenvalue weighted by atomic mass is 9.79. The smallest absolute Gasteiger partial charge is 0.0589 e. The molecule has 134 valence electrons. The van der Waals surface area contributed by atoms with Crippen molar-refractivity contribution in [1.29, 1.82) is 0 Å². The van der Waals surface area contributed by atoms with Crippen LogP contribution in [0.25, 0.3) is 10.8 Å². The second-order valence-electron chi connectivity index (χ2n) is 8.01. The van der Waals surface area contributed by atoms with Crippen molar-refractivity contribution in [3.05, 3.63) is 48.0 Å². The van der Waals surface area contributed by atoms with E-state index in [1.165, 1.54) is 61.8 Å². The molecule has 0 bridgehead atoms. The molecule has 1 unspecified atom stereocenters. The van der Waals surface area contributed by atoms with E-state index in [0.29, 0.717) is 5.41 Å². The van der Waals surface area contributed by atoms with Crippen LogP contribution in [0.5, 0.6) is 0 Å². The van der Waals surface area contributed by atoms with Gasteiger partial charge in [0.2, 0.25) is 0 Å². The highest BCUT2D eigenvalue weighted by atomic mass is 16.5. The van der Waals surface area contributed by atoms with Crippen molar-refractivity contribution < 1.29 is 4.74 Å². The number of hydrogen-bond acceptors (Lipinski definition) is 3. The topological polar surface area (TPSA) is 15.7 Å². The van der Waals surface area contributed by atoms with Crippen LogP contribution in [0.1, 0.15) is 24.8 Å².